The van der Waals surface area contributed by atoms with Crippen molar-refractivity contribution in [3.63, 3.8) is 0 Å². The van der Waals surface area contributed by atoms with Gasteiger partial charge in [-0.25, -0.2) is 0 Å². The zero-order chi connectivity index (χ0) is 13.7. The van der Waals surface area contributed by atoms with Crippen LogP contribution in [0, 0.1) is 0 Å². The molecule has 98 valence electrons. The maximum atomic E-state index is 11.9. The summed E-state index contributed by atoms with van der Waals surface area (Å²) in [6.07, 6.45) is 0.0341. The maximum Gasteiger partial charge on any atom is 0.251 e. The molecule has 5 heteroatoms. The SMILES string of the molecule is CC[C@@H](NC(=O)c1ccc(C(N)=O)cc1)[C@@H](C)O. The molecule has 0 aliphatic carbocycles. The number of hydrogen-bond donors (Lipinski definition) is 3. The molecule has 0 heterocycles. The Morgan fingerprint density at radius 3 is 2.17 bits per heavy atom. The van der Waals surface area contributed by atoms with E-state index in [1.165, 1.54) is 24.3 Å². The predicted molar refractivity (Wildman–Crippen MR) is 68.2 cm³/mol. The van der Waals surface area contributed by atoms with Gasteiger partial charge in [-0.15, -0.1) is 0 Å². The van der Waals surface area contributed by atoms with Crippen LogP contribution in [0.25, 0.3) is 0 Å². The van der Waals surface area contributed by atoms with E-state index in [4.69, 9.17) is 5.73 Å². The maximum absolute atomic E-state index is 11.9. The van der Waals surface area contributed by atoms with Gasteiger partial charge in [-0.3, -0.25) is 9.59 Å². The Labute approximate surface area is 106 Å². The standard InChI is InChI=1S/C13H18N2O3/c1-3-11(8(2)16)15-13(18)10-6-4-9(5-7-10)12(14)17/h4-8,11,16H,3H2,1-2H3,(H2,14,17)(H,15,18)/t8-,11-/m1/s1. The lowest BCUT2D eigenvalue weighted by Gasteiger charge is -2.19. The van der Waals surface area contributed by atoms with E-state index in [0.717, 1.165) is 0 Å². The number of rotatable bonds is 5. The topological polar surface area (TPSA) is 92.4 Å². The third-order valence-corrected chi connectivity index (χ3v) is 2.77. The number of amides is 2. The first-order valence-corrected chi connectivity index (χ1v) is 5.84. The molecule has 2 atom stereocenters. The molecular weight excluding hydrogens is 232 g/mol. The second kappa shape index (κ2) is 6.16. The molecule has 2 amide bonds. The molecule has 0 spiro atoms. The van der Waals surface area contributed by atoms with Gasteiger partial charge >= 0.3 is 0 Å². The third-order valence-electron chi connectivity index (χ3n) is 2.77. The van der Waals surface area contributed by atoms with Crippen molar-refractivity contribution in [2.24, 2.45) is 5.73 Å². The zero-order valence-corrected chi connectivity index (χ0v) is 10.5. The highest BCUT2D eigenvalue weighted by molar-refractivity contribution is 5.97. The van der Waals surface area contributed by atoms with Crippen LogP contribution in [0.2, 0.25) is 0 Å². The number of nitrogens with one attached hydrogen (secondary N) is 1. The van der Waals surface area contributed by atoms with Crippen LogP contribution in [-0.2, 0) is 0 Å². The summed E-state index contributed by atoms with van der Waals surface area (Å²) >= 11 is 0. The summed E-state index contributed by atoms with van der Waals surface area (Å²) in [5.74, 6) is -0.809. The highest BCUT2D eigenvalue weighted by Crippen LogP contribution is 2.06. The average Bonchev–Trinajstić information content (AvgIpc) is 2.35. The number of hydrogen-bond acceptors (Lipinski definition) is 3. The van der Waals surface area contributed by atoms with Crippen molar-refractivity contribution in [1.82, 2.24) is 5.32 Å². The van der Waals surface area contributed by atoms with Gasteiger partial charge in [0.2, 0.25) is 5.91 Å². The number of aliphatic hydroxyl groups excluding tert-OH is 1. The van der Waals surface area contributed by atoms with Crippen LogP contribution in [0.4, 0.5) is 0 Å². The summed E-state index contributed by atoms with van der Waals surface area (Å²) in [7, 11) is 0. The molecular formula is C13H18N2O3. The summed E-state index contributed by atoms with van der Waals surface area (Å²) in [5, 5.41) is 12.2. The fraction of sp³-hybridized carbons (Fsp3) is 0.385. The van der Waals surface area contributed by atoms with Crippen LogP contribution < -0.4 is 11.1 Å². The number of carbonyl (C=O) groups excluding carboxylic acids is 2. The lowest BCUT2D eigenvalue weighted by molar-refractivity contribution is 0.0854. The highest BCUT2D eigenvalue weighted by atomic mass is 16.3. The van der Waals surface area contributed by atoms with Gasteiger partial charge in [0.15, 0.2) is 0 Å². The zero-order valence-electron chi connectivity index (χ0n) is 10.5. The van der Waals surface area contributed by atoms with Crippen molar-refractivity contribution in [2.45, 2.75) is 32.4 Å². The Hall–Kier alpha value is -1.88. The first kappa shape index (κ1) is 14.2. The second-order valence-electron chi connectivity index (χ2n) is 4.17. The van der Waals surface area contributed by atoms with Crippen LogP contribution in [0.15, 0.2) is 24.3 Å². The van der Waals surface area contributed by atoms with E-state index in [-0.39, 0.29) is 11.9 Å². The van der Waals surface area contributed by atoms with Crippen molar-refractivity contribution in [2.75, 3.05) is 0 Å². The van der Waals surface area contributed by atoms with Crippen LogP contribution in [0.5, 0.6) is 0 Å². The Balaban J connectivity index is 2.75. The summed E-state index contributed by atoms with van der Waals surface area (Å²) in [5.41, 5.74) is 5.89. The quantitative estimate of drug-likeness (QED) is 0.717. The molecule has 1 rings (SSSR count). The molecule has 0 fully saturated rings. The predicted octanol–water partition coefficient (Wildman–Crippen LogP) is 0.675. The monoisotopic (exact) mass is 250 g/mol. The summed E-state index contributed by atoms with van der Waals surface area (Å²) < 4.78 is 0. The van der Waals surface area contributed by atoms with E-state index in [9.17, 15) is 14.7 Å². The molecule has 0 bridgehead atoms. The van der Waals surface area contributed by atoms with Crippen molar-refractivity contribution >= 4 is 11.8 Å². The Kier molecular flexibility index (Phi) is 4.85. The Morgan fingerprint density at radius 2 is 1.78 bits per heavy atom. The molecule has 0 saturated carbocycles. The molecule has 18 heavy (non-hydrogen) atoms. The normalized spacial score (nSPS) is 13.7. The Bertz CT molecular complexity index is 426. The van der Waals surface area contributed by atoms with Crippen LogP contribution in [-0.4, -0.2) is 29.1 Å². The van der Waals surface area contributed by atoms with Crippen LogP contribution >= 0.6 is 0 Å². The molecule has 4 N–H and O–H groups in total. The van der Waals surface area contributed by atoms with Crippen molar-refractivity contribution in [3.05, 3.63) is 35.4 Å². The van der Waals surface area contributed by atoms with Gasteiger partial charge in [-0.1, -0.05) is 6.92 Å². The number of benzene rings is 1. The first-order valence-electron chi connectivity index (χ1n) is 5.84. The van der Waals surface area contributed by atoms with Crippen LogP contribution in [0.1, 0.15) is 41.0 Å². The summed E-state index contributed by atoms with van der Waals surface area (Å²) in [4.78, 5) is 22.7. The molecule has 0 aliphatic heterocycles. The highest BCUT2D eigenvalue weighted by Gasteiger charge is 2.16. The first-order chi connectivity index (χ1) is 8.45. The Morgan fingerprint density at radius 1 is 1.28 bits per heavy atom. The van der Waals surface area contributed by atoms with E-state index in [0.29, 0.717) is 17.5 Å². The van der Waals surface area contributed by atoms with Gasteiger partial charge in [0.25, 0.3) is 5.91 Å². The molecule has 0 radical (unpaired) electrons. The minimum Gasteiger partial charge on any atom is -0.391 e. The fourth-order valence-electron chi connectivity index (χ4n) is 1.60. The molecule has 0 unspecified atom stereocenters. The van der Waals surface area contributed by atoms with Crippen LogP contribution in [0.3, 0.4) is 0 Å². The summed E-state index contributed by atoms with van der Waals surface area (Å²) in [6, 6.07) is 5.78. The minimum atomic E-state index is -0.608. The van der Waals surface area contributed by atoms with Gasteiger partial charge in [-0.2, -0.15) is 0 Å². The van der Waals surface area contributed by atoms with E-state index in [1.54, 1.807) is 6.92 Å². The third kappa shape index (κ3) is 3.56. The van der Waals surface area contributed by atoms with Gasteiger partial charge in [0.05, 0.1) is 12.1 Å². The van der Waals surface area contributed by atoms with Crippen molar-refractivity contribution in [3.8, 4) is 0 Å². The van der Waals surface area contributed by atoms with E-state index >= 15 is 0 Å². The van der Waals surface area contributed by atoms with Crippen molar-refractivity contribution in [1.29, 1.82) is 0 Å². The number of carbonyl (C=O) groups is 2. The van der Waals surface area contributed by atoms with E-state index in [1.807, 2.05) is 6.92 Å². The molecule has 0 saturated heterocycles. The number of nitrogens with two attached hydrogens (primary N) is 1. The lowest BCUT2D eigenvalue weighted by atomic mass is 10.1. The molecule has 1 aromatic carbocycles. The van der Waals surface area contributed by atoms with E-state index in [2.05, 4.69) is 5.32 Å². The van der Waals surface area contributed by atoms with Crippen molar-refractivity contribution < 1.29 is 14.7 Å². The average molecular weight is 250 g/mol. The summed E-state index contributed by atoms with van der Waals surface area (Å²) in [6.45, 7) is 3.51. The molecule has 1 aromatic rings. The van der Waals surface area contributed by atoms with Gasteiger partial charge in [0, 0.05) is 11.1 Å². The largest absolute Gasteiger partial charge is 0.391 e. The number of primary amides is 1. The second-order valence-corrected chi connectivity index (χ2v) is 4.17. The minimum absolute atomic E-state index is 0.279. The van der Waals surface area contributed by atoms with Gasteiger partial charge in [0.1, 0.15) is 0 Å². The molecule has 0 aromatic heterocycles. The van der Waals surface area contributed by atoms with E-state index < -0.39 is 12.0 Å². The molecule has 5 nitrogen and oxygen atoms in total. The molecule has 0 aliphatic rings. The van der Waals surface area contributed by atoms with Gasteiger partial charge in [-0.05, 0) is 37.6 Å². The fourth-order valence-corrected chi connectivity index (χ4v) is 1.60. The van der Waals surface area contributed by atoms with Gasteiger partial charge < -0.3 is 16.2 Å². The smallest absolute Gasteiger partial charge is 0.251 e. The lowest BCUT2D eigenvalue weighted by Crippen LogP contribution is -2.41. The number of aliphatic hydroxyl groups is 1.